The average molecular weight is 442 g/mol. The third-order valence-corrected chi connectivity index (χ3v) is 5.99. The van der Waals surface area contributed by atoms with Crippen molar-refractivity contribution in [3.8, 4) is 0 Å². The van der Waals surface area contributed by atoms with Crippen molar-refractivity contribution in [2.24, 2.45) is 0 Å². The number of furan rings is 1. The van der Waals surface area contributed by atoms with Gasteiger partial charge in [-0.05, 0) is 36.2 Å². The average Bonchev–Trinajstić information content (AvgIpc) is 3.42. The Morgan fingerprint density at radius 1 is 1.06 bits per heavy atom. The summed E-state index contributed by atoms with van der Waals surface area (Å²) in [5.74, 6) is -1.39. The molecule has 1 aromatic heterocycles. The summed E-state index contributed by atoms with van der Waals surface area (Å²) in [4.78, 5) is 54.9. The van der Waals surface area contributed by atoms with Gasteiger partial charge < -0.3 is 19.5 Å². The van der Waals surface area contributed by atoms with E-state index in [1.807, 2.05) is 0 Å². The molecule has 0 spiro atoms. The van der Waals surface area contributed by atoms with Crippen molar-refractivity contribution in [1.29, 1.82) is 0 Å². The molecule has 0 bridgehead atoms. The highest BCUT2D eigenvalue weighted by Crippen LogP contribution is 2.32. The van der Waals surface area contributed by atoms with Gasteiger partial charge in [-0.3, -0.25) is 19.3 Å². The van der Waals surface area contributed by atoms with Crippen molar-refractivity contribution >= 4 is 23.8 Å². The van der Waals surface area contributed by atoms with Crippen LogP contribution in [0.3, 0.4) is 0 Å². The van der Waals surface area contributed by atoms with E-state index in [9.17, 15) is 23.6 Å². The zero-order chi connectivity index (χ0) is 22.9. The number of nitrogens with zero attached hydrogens (tertiary/aromatic N) is 3. The molecule has 3 heterocycles. The van der Waals surface area contributed by atoms with Crippen LogP contribution in [0, 0.1) is 5.82 Å². The first-order valence-corrected chi connectivity index (χ1v) is 10.4. The normalized spacial score (nSPS) is 21.1. The number of benzene rings is 1. The van der Waals surface area contributed by atoms with Crippen LogP contribution in [-0.2, 0) is 15.1 Å². The lowest BCUT2D eigenvalue weighted by atomic mass is 9.87. The van der Waals surface area contributed by atoms with E-state index in [1.165, 1.54) is 35.4 Å². The summed E-state index contributed by atoms with van der Waals surface area (Å²) in [6.07, 6.45) is 1.68. The number of amides is 5. The van der Waals surface area contributed by atoms with E-state index in [4.69, 9.17) is 4.42 Å². The van der Waals surface area contributed by atoms with Gasteiger partial charge in [0.2, 0.25) is 5.91 Å². The molecule has 1 atom stereocenters. The van der Waals surface area contributed by atoms with Crippen molar-refractivity contribution in [3.63, 3.8) is 0 Å². The van der Waals surface area contributed by atoms with Crippen molar-refractivity contribution in [2.45, 2.75) is 18.9 Å². The highest BCUT2D eigenvalue weighted by Gasteiger charge is 2.51. The van der Waals surface area contributed by atoms with Crippen molar-refractivity contribution < 1.29 is 28.0 Å². The van der Waals surface area contributed by atoms with Crippen LogP contribution in [0.4, 0.5) is 9.18 Å². The van der Waals surface area contributed by atoms with Gasteiger partial charge in [-0.1, -0.05) is 19.1 Å². The lowest BCUT2D eigenvalue weighted by molar-refractivity contribution is -0.140. The number of hydrogen-bond donors (Lipinski definition) is 1. The maximum Gasteiger partial charge on any atom is 0.325 e. The smallest absolute Gasteiger partial charge is 0.325 e. The van der Waals surface area contributed by atoms with Crippen LogP contribution < -0.4 is 5.32 Å². The first kappa shape index (κ1) is 21.5. The van der Waals surface area contributed by atoms with E-state index in [-0.39, 0.29) is 37.1 Å². The first-order valence-electron chi connectivity index (χ1n) is 10.4. The molecule has 9 nitrogen and oxygen atoms in total. The van der Waals surface area contributed by atoms with Crippen LogP contribution in [0.25, 0.3) is 0 Å². The number of halogens is 1. The summed E-state index contributed by atoms with van der Waals surface area (Å²) in [5.41, 5.74) is -0.876. The number of rotatable bonds is 5. The summed E-state index contributed by atoms with van der Waals surface area (Å²) in [6.45, 7) is 2.54. The number of carbonyl (C=O) groups excluding carboxylic acids is 4. The van der Waals surface area contributed by atoms with Crippen molar-refractivity contribution in [2.75, 3.05) is 32.7 Å². The highest BCUT2D eigenvalue weighted by molar-refractivity contribution is 6.09. The maximum absolute atomic E-state index is 13.3. The molecule has 168 valence electrons. The molecule has 5 amide bonds. The van der Waals surface area contributed by atoms with Crippen molar-refractivity contribution in [1.82, 2.24) is 20.0 Å². The van der Waals surface area contributed by atoms with Gasteiger partial charge in [-0.25, -0.2) is 9.18 Å². The van der Waals surface area contributed by atoms with Crippen LogP contribution in [-0.4, -0.2) is 71.2 Å². The zero-order valence-electron chi connectivity index (χ0n) is 17.5. The standard InChI is InChI=1S/C22H23FN4O5/c1-2-22(15-5-7-16(23)8-6-15)20(30)27(21(31)24-22)14-18(28)25-9-11-26(12-10-25)19(29)17-4-3-13-32-17/h3-8,13H,2,9-12,14H2,1H3,(H,24,31)/t22-/m1/s1. The molecule has 1 aromatic carbocycles. The van der Waals surface area contributed by atoms with Crippen LogP contribution in [0.1, 0.15) is 29.5 Å². The van der Waals surface area contributed by atoms with Gasteiger partial charge in [-0.15, -0.1) is 0 Å². The van der Waals surface area contributed by atoms with Gasteiger partial charge in [-0.2, -0.15) is 0 Å². The van der Waals surface area contributed by atoms with Crippen LogP contribution in [0.5, 0.6) is 0 Å². The molecule has 0 saturated carbocycles. The third-order valence-electron chi connectivity index (χ3n) is 5.99. The number of piperazine rings is 1. The molecular weight excluding hydrogens is 419 g/mol. The Bertz CT molecular complexity index is 1030. The van der Waals surface area contributed by atoms with E-state index < -0.39 is 29.8 Å². The van der Waals surface area contributed by atoms with Gasteiger partial charge in [0.05, 0.1) is 6.26 Å². The lowest BCUT2D eigenvalue weighted by Crippen LogP contribution is -2.53. The monoisotopic (exact) mass is 442 g/mol. The van der Waals surface area contributed by atoms with Crippen LogP contribution in [0.15, 0.2) is 47.1 Å². The fourth-order valence-corrected chi connectivity index (χ4v) is 4.09. The van der Waals surface area contributed by atoms with Gasteiger partial charge >= 0.3 is 6.03 Å². The number of nitrogens with one attached hydrogen (secondary N) is 1. The summed E-state index contributed by atoms with van der Waals surface area (Å²) >= 11 is 0. The molecule has 10 heteroatoms. The molecule has 1 N–H and O–H groups in total. The third kappa shape index (κ3) is 3.72. The molecular formula is C22H23FN4O5. The minimum atomic E-state index is -1.33. The van der Waals surface area contributed by atoms with E-state index in [1.54, 1.807) is 24.0 Å². The Labute approximate surface area is 183 Å². The summed E-state index contributed by atoms with van der Waals surface area (Å²) in [7, 11) is 0. The van der Waals surface area contributed by atoms with Gasteiger partial charge in [0, 0.05) is 26.2 Å². The van der Waals surface area contributed by atoms with Crippen LogP contribution >= 0.6 is 0 Å². The molecule has 0 unspecified atom stereocenters. The number of hydrogen-bond acceptors (Lipinski definition) is 5. The minimum absolute atomic E-state index is 0.237. The number of urea groups is 1. The Balaban J connectivity index is 1.40. The Morgan fingerprint density at radius 2 is 1.72 bits per heavy atom. The minimum Gasteiger partial charge on any atom is -0.459 e. The molecule has 2 aliphatic heterocycles. The molecule has 2 aromatic rings. The summed E-state index contributed by atoms with van der Waals surface area (Å²) < 4.78 is 18.5. The molecule has 2 fully saturated rings. The van der Waals surface area contributed by atoms with E-state index in [0.717, 1.165) is 4.90 Å². The number of imide groups is 1. The molecule has 0 radical (unpaired) electrons. The molecule has 4 rings (SSSR count). The molecule has 2 saturated heterocycles. The predicted octanol–water partition coefficient (Wildman–Crippen LogP) is 1.56. The second kappa shape index (κ2) is 8.45. The van der Waals surface area contributed by atoms with E-state index in [2.05, 4.69) is 5.32 Å². The van der Waals surface area contributed by atoms with Gasteiger partial charge in [0.15, 0.2) is 5.76 Å². The van der Waals surface area contributed by atoms with Gasteiger partial charge in [0.1, 0.15) is 17.9 Å². The SMILES string of the molecule is CC[C@]1(c2ccc(F)cc2)NC(=O)N(CC(=O)N2CCN(C(=O)c3ccco3)CC2)C1=O. The van der Waals surface area contributed by atoms with Crippen LogP contribution in [0.2, 0.25) is 0 Å². The largest absolute Gasteiger partial charge is 0.459 e. The lowest BCUT2D eigenvalue weighted by Gasteiger charge is -2.35. The van der Waals surface area contributed by atoms with E-state index >= 15 is 0 Å². The quantitative estimate of drug-likeness (QED) is 0.708. The van der Waals surface area contributed by atoms with Gasteiger partial charge in [0.25, 0.3) is 11.8 Å². The highest BCUT2D eigenvalue weighted by atomic mass is 19.1. The topological polar surface area (TPSA) is 103 Å². The Hall–Kier alpha value is -3.69. The molecule has 32 heavy (non-hydrogen) atoms. The number of carbonyl (C=O) groups is 4. The molecule has 0 aliphatic carbocycles. The molecule has 2 aliphatic rings. The predicted molar refractivity (Wildman–Crippen MR) is 110 cm³/mol. The fourth-order valence-electron chi connectivity index (χ4n) is 4.09. The van der Waals surface area contributed by atoms with E-state index in [0.29, 0.717) is 18.7 Å². The second-order valence-electron chi connectivity index (χ2n) is 7.74. The summed E-state index contributed by atoms with van der Waals surface area (Å²) in [6, 6.07) is 7.91. The van der Waals surface area contributed by atoms with Crippen molar-refractivity contribution in [3.05, 3.63) is 59.8 Å². The maximum atomic E-state index is 13.3. The first-order chi connectivity index (χ1) is 15.4. The second-order valence-corrected chi connectivity index (χ2v) is 7.74. The zero-order valence-corrected chi connectivity index (χ0v) is 17.5. The Morgan fingerprint density at radius 3 is 2.31 bits per heavy atom. The summed E-state index contributed by atoms with van der Waals surface area (Å²) in [5, 5.41) is 2.68. The Kier molecular flexibility index (Phi) is 5.68. The fraction of sp³-hybridized carbons (Fsp3) is 0.364.